The number of ether oxygens (including phenoxy) is 1. The van der Waals surface area contributed by atoms with Crippen LogP contribution in [0.2, 0.25) is 0 Å². The van der Waals surface area contributed by atoms with Gasteiger partial charge in [0.1, 0.15) is 0 Å². The van der Waals surface area contributed by atoms with Crippen molar-refractivity contribution in [3.8, 4) is 11.1 Å². The van der Waals surface area contributed by atoms with E-state index in [-0.39, 0.29) is 19.2 Å². The Morgan fingerprint density at radius 1 is 1.14 bits per heavy atom. The maximum Gasteiger partial charge on any atom is 0.331 e. The highest BCUT2D eigenvalue weighted by molar-refractivity contribution is 6.02. The van der Waals surface area contributed by atoms with Crippen molar-refractivity contribution in [2.45, 2.75) is 19.5 Å². The molecule has 0 aliphatic carbocycles. The van der Waals surface area contributed by atoms with E-state index in [0.29, 0.717) is 12.2 Å². The van der Waals surface area contributed by atoms with E-state index < -0.39 is 12.0 Å². The molecule has 1 unspecified atom stereocenters. The number of hydrogen-bond donors (Lipinski definition) is 1. The molecule has 1 aromatic heterocycles. The summed E-state index contributed by atoms with van der Waals surface area (Å²) in [6, 6.07) is 16.4. The zero-order chi connectivity index (χ0) is 20.2. The molecule has 1 saturated heterocycles. The summed E-state index contributed by atoms with van der Waals surface area (Å²) in [7, 11) is 0. The van der Waals surface area contributed by atoms with E-state index in [4.69, 9.17) is 4.74 Å². The summed E-state index contributed by atoms with van der Waals surface area (Å²) in [5.74, 6) is -0.393. The number of rotatable bonds is 6. The van der Waals surface area contributed by atoms with E-state index in [0.717, 1.165) is 16.7 Å². The van der Waals surface area contributed by atoms with Crippen LogP contribution in [-0.4, -0.2) is 46.3 Å². The molecule has 29 heavy (non-hydrogen) atoms. The third kappa shape index (κ3) is 3.85. The minimum absolute atomic E-state index is 0.206. The molecule has 0 spiro atoms. The number of amides is 2. The average Bonchev–Trinajstić information content (AvgIpc) is 3.38. The molecule has 0 saturated carbocycles. The van der Waals surface area contributed by atoms with Crippen molar-refractivity contribution in [1.82, 2.24) is 15.1 Å². The average molecular weight is 390 g/mol. The van der Waals surface area contributed by atoms with E-state index in [2.05, 4.69) is 10.2 Å². The standard InChI is InChI=1S/C22H22N4O3/c1-2-29-21(27)20-15-25(14-16-6-4-3-5-7-16)22(28)26(20)19-10-8-17(9-11-19)18-12-23-24-13-18/h3-13,20H,2,14-15H2,1H3,(H,23,24). The van der Waals surface area contributed by atoms with Gasteiger partial charge in [-0.1, -0.05) is 42.5 Å². The Labute approximate surface area is 168 Å². The van der Waals surface area contributed by atoms with Crippen molar-refractivity contribution in [3.63, 3.8) is 0 Å². The fourth-order valence-electron chi connectivity index (χ4n) is 3.52. The smallest absolute Gasteiger partial charge is 0.331 e. The van der Waals surface area contributed by atoms with Gasteiger partial charge < -0.3 is 9.64 Å². The van der Waals surface area contributed by atoms with Gasteiger partial charge in [0.05, 0.1) is 19.3 Å². The van der Waals surface area contributed by atoms with Gasteiger partial charge in [-0.25, -0.2) is 9.59 Å². The van der Waals surface area contributed by atoms with Crippen LogP contribution in [-0.2, 0) is 16.1 Å². The SMILES string of the molecule is CCOC(=O)C1CN(Cc2ccccc2)C(=O)N1c1ccc(-c2cn[nH]c2)cc1. The topological polar surface area (TPSA) is 78.5 Å². The van der Waals surface area contributed by atoms with E-state index in [1.165, 1.54) is 4.90 Å². The largest absolute Gasteiger partial charge is 0.464 e. The number of carbonyl (C=O) groups is 2. The molecule has 2 amide bonds. The summed E-state index contributed by atoms with van der Waals surface area (Å²) >= 11 is 0. The molecule has 3 aromatic rings. The Morgan fingerprint density at radius 2 is 1.90 bits per heavy atom. The molecule has 2 aromatic carbocycles. The van der Waals surface area contributed by atoms with Crippen molar-refractivity contribution in [1.29, 1.82) is 0 Å². The number of anilines is 1. The maximum atomic E-state index is 13.2. The number of nitrogens with zero attached hydrogens (tertiary/aromatic N) is 3. The number of nitrogens with one attached hydrogen (secondary N) is 1. The highest BCUT2D eigenvalue weighted by Gasteiger charge is 2.43. The first kappa shape index (κ1) is 18.7. The summed E-state index contributed by atoms with van der Waals surface area (Å²) in [5.41, 5.74) is 3.61. The monoisotopic (exact) mass is 390 g/mol. The lowest BCUT2D eigenvalue weighted by Crippen LogP contribution is -2.40. The zero-order valence-electron chi connectivity index (χ0n) is 16.1. The van der Waals surface area contributed by atoms with Gasteiger partial charge in [0.2, 0.25) is 0 Å². The predicted molar refractivity (Wildman–Crippen MR) is 109 cm³/mol. The van der Waals surface area contributed by atoms with Crippen molar-refractivity contribution >= 4 is 17.7 Å². The Bertz CT molecular complexity index is 971. The summed E-state index contributed by atoms with van der Waals surface area (Å²) in [5, 5.41) is 6.75. The first-order chi connectivity index (χ1) is 14.2. The number of benzene rings is 2. The van der Waals surface area contributed by atoms with Crippen molar-refractivity contribution in [2.75, 3.05) is 18.1 Å². The lowest BCUT2D eigenvalue weighted by atomic mass is 10.1. The van der Waals surface area contributed by atoms with Crippen LogP contribution in [0.1, 0.15) is 12.5 Å². The van der Waals surface area contributed by atoms with Gasteiger partial charge in [0.25, 0.3) is 0 Å². The number of esters is 1. The second-order valence-corrected chi connectivity index (χ2v) is 6.82. The first-order valence-electron chi connectivity index (χ1n) is 9.55. The molecule has 4 rings (SSSR count). The molecule has 0 bridgehead atoms. The highest BCUT2D eigenvalue weighted by atomic mass is 16.5. The summed E-state index contributed by atoms with van der Waals surface area (Å²) < 4.78 is 5.24. The molecular weight excluding hydrogens is 368 g/mol. The van der Waals surface area contributed by atoms with Crippen LogP contribution in [0.3, 0.4) is 0 Å². The lowest BCUT2D eigenvalue weighted by Gasteiger charge is -2.22. The summed E-state index contributed by atoms with van der Waals surface area (Å²) in [6.45, 7) is 2.77. The van der Waals surface area contributed by atoms with Crippen molar-refractivity contribution in [2.24, 2.45) is 0 Å². The van der Waals surface area contributed by atoms with Crippen LogP contribution in [0.15, 0.2) is 67.0 Å². The van der Waals surface area contributed by atoms with E-state index in [1.54, 1.807) is 24.2 Å². The number of carbonyl (C=O) groups excluding carboxylic acids is 2. The van der Waals surface area contributed by atoms with Crippen LogP contribution < -0.4 is 4.90 Å². The van der Waals surface area contributed by atoms with Gasteiger partial charge in [0, 0.05) is 24.0 Å². The third-order valence-corrected chi connectivity index (χ3v) is 4.93. The summed E-state index contributed by atoms with van der Waals surface area (Å²) in [4.78, 5) is 29.0. The Kier molecular flexibility index (Phi) is 5.29. The minimum atomic E-state index is -0.675. The molecule has 1 atom stereocenters. The molecule has 1 aliphatic rings. The molecule has 7 nitrogen and oxygen atoms in total. The Balaban J connectivity index is 1.61. The first-order valence-corrected chi connectivity index (χ1v) is 9.55. The minimum Gasteiger partial charge on any atom is -0.464 e. The van der Waals surface area contributed by atoms with Crippen molar-refractivity contribution < 1.29 is 14.3 Å². The van der Waals surface area contributed by atoms with E-state index in [9.17, 15) is 9.59 Å². The Morgan fingerprint density at radius 3 is 2.55 bits per heavy atom. The zero-order valence-corrected chi connectivity index (χ0v) is 16.1. The van der Waals surface area contributed by atoms with Crippen LogP contribution in [0.5, 0.6) is 0 Å². The normalized spacial score (nSPS) is 16.3. The van der Waals surface area contributed by atoms with Gasteiger partial charge >= 0.3 is 12.0 Å². The van der Waals surface area contributed by atoms with Crippen LogP contribution in [0, 0.1) is 0 Å². The quantitative estimate of drug-likeness (QED) is 0.654. The van der Waals surface area contributed by atoms with Crippen LogP contribution in [0.25, 0.3) is 11.1 Å². The maximum absolute atomic E-state index is 13.2. The molecular formula is C22H22N4O3. The van der Waals surface area contributed by atoms with Gasteiger partial charge in [-0.15, -0.1) is 0 Å². The molecule has 1 fully saturated rings. The fraction of sp³-hybridized carbons (Fsp3) is 0.227. The molecule has 1 N–H and O–H groups in total. The molecule has 1 aliphatic heterocycles. The number of aromatic nitrogens is 2. The molecule has 7 heteroatoms. The lowest BCUT2D eigenvalue weighted by molar-refractivity contribution is -0.144. The van der Waals surface area contributed by atoms with Gasteiger partial charge in [-0.2, -0.15) is 5.10 Å². The number of hydrogen-bond acceptors (Lipinski definition) is 4. The highest BCUT2D eigenvalue weighted by Crippen LogP contribution is 2.29. The predicted octanol–water partition coefficient (Wildman–Crippen LogP) is 3.45. The third-order valence-electron chi connectivity index (χ3n) is 4.93. The van der Waals surface area contributed by atoms with Gasteiger partial charge in [0.15, 0.2) is 6.04 Å². The van der Waals surface area contributed by atoms with E-state index in [1.807, 2.05) is 54.6 Å². The second-order valence-electron chi connectivity index (χ2n) is 6.82. The molecule has 2 heterocycles. The Hall–Kier alpha value is -3.61. The molecule has 148 valence electrons. The van der Waals surface area contributed by atoms with Crippen molar-refractivity contribution in [3.05, 3.63) is 72.6 Å². The fourth-order valence-corrected chi connectivity index (χ4v) is 3.52. The van der Waals surface area contributed by atoms with E-state index >= 15 is 0 Å². The number of aromatic amines is 1. The van der Waals surface area contributed by atoms with Crippen LogP contribution >= 0.6 is 0 Å². The van der Waals surface area contributed by atoms with Crippen LogP contribution in [0.4, 0.5) is 10.5 Å². The second kappa shape index (κ2) is 8.18. The number of H-pyrrole nitrogens is 1. The molecule has 0 radical (unpaired) electrons. The number of urea groups is 1. The van der Waals surface area contributed by atoms with Gasteiger partial charge in [-0.05, 0) is 30.2 Å². The summed E-state index contributed by atoms with van der Waals surface area (Å²) in [6.07, 6.45) is 3.54. The van der Waals surface area contributed by atoms with Gasteiger partial charge in [-0.3, -0.25) is 10.00 Å².